The van der Waals surface area contributed by atoms with Gasteiger partial charge < -0.3 is 9.80 Å². The molecule has 15 heavy (non-hydrogen) atoms. The van der Waals surface area contributed by atoms with E-state index in [2.05, 4.69) is 28.4 Å². The number of hydrogen-bond donors (Lipinski definition) is 0. The van der Waals surface area contributed by atoms with Gasteiger partial charge in [0.1, 0.15) is 0 Å². The Morgan fingerprint density at radius 2 is 2.07 bits per heavy atom. The van der Waals surface area contributed by atoms with Crippen LogP contribution in [-0.4, -0.2) is 35.9 Å². The highest BCUT2D eigenvalue weighted by atomic mass is 15.4. The van der Waals surface area contributed by atoms with E-state index in [1.165, 1.54) is 42.7 Å². The molecule has 3 heteroatoms. The van der Waals surface area contributed by atoms with Crippen LogP contribution in [0.1, 0.15) is 25.7 Å². The maximum Gasteiger partial charge on any atom is 0.205 e. The highest BCUT2D eigenvalue weighted by Gasteiger charge is 2.34. The number of allylic oxidation sites excluding steroid dienone is 2. The lowest BCUT2D eigenvalue weighted by atomic mass is 9.91. The quantitative estimate of drug-likeness (QED) is 0.599. The van der Waals surface area contributed by atoms with E-state index in [1.807, 2.05) is 0 Å². The van der Waals surface area contributed by atoms with Gasteiger partial charge in [-0.2, -0.15) is 0 Å². The van der Waals surface area contributed by atoms with Crippen molar-refractivity contribution >= 4 is 5.96 Å². The average molecular weight is 203 g/mol. The van der Waals surface area contributed by atoms with Gasteiger partial charge in [-0.3, -0.25) is 4.99 Å². The summed E-state index contributed by atoms with van der Waals surface area (Å²) in [6.45, 7) is 6.20. The van der Waals surface area contributed by atoms with Crippen LogP contribution in [0, 0.1) is 0 Å². The van der Waals surface area contributed by atoms with Crippen LogP contribution in [0.3, 0.4) is 0 Å². The molecule has 3 nitrogen and oxygen atoms in total. The second kappa shape index (κ2) is 3.12. The minimum absolute atomic E-state index is 0.934. The molecule has 2 aliphatic heterocycles. The Labute approximate surface area is 90.8 Å². The fourth-order valence-electron chi connectivity index (χ4n) is 2.80. The third-order valence-corrected chi connectivity index (χ3v) is 3.64. The lowest BCUT2D eigenvalue weighted by Gasteiger charge is -2.40. The second-order valence-corrected chi connectivity index (χ2v) is 4.47. The van der Waals surface area contributed by atoms with Crippen LogP contribution in [-0.2, 0) is 0 Å². The molecule has 0 aromatic rings. The zero-order valence-electron chi connectivity index (χ0n) is 9.29. The van der Waals surface area contributed by atoms with Crippen LogP contribution in [0.4, 0.5) is 0 Å². The molecule has 3 aliphatic rings. The lowest BCUT2D eigenvalue weighted by molar-refractivity contribution is 0.406. The van der Waals surface area contributed by atoms with Crippen LogP contribution in [0.2, 0.25) is 0 Å². The highest BCUT2D eigenvalue weighted by Crippen LogP contribution is 2.37. The molecular weight excluding hydrogens is 186 g/mol. The number of fused-ring (bicyclic) bond motifs is 2. The molecule has 0 amide bonds. The molecule has 0 atom stereocenters. The fraction of sp³-hybridized carbons (Fsp3) is 0.583. The fourth-order valence-corrected chi connectivity index (χ4v) is 2.80. The smallest absolute Gasteiger partial charge is 0.205 e. The predicted molar refractivity (Wildman–Crippen MR) is 61.4 cm³/mol. The van der Waals surface area contributed by atoms with Gasteiger partial charge in [-0.25, -0.2) is 0 Å². The van der Waals surface area contributed by atoms with E-state index in [4.69, 9.17) is 0 Å². The third kappa shape index (κ3) is 1.15. The Hall–Kier alpha value is -1.25. The first-order valence-electron chi connectivity index (χ1n) is 5.76. The summed E-state index contributed by atoms with van der Waals surface area (Å²) in [5.41, 5.74) is 4.15. The van der Waals surface area contributed by atoms with Gasteiger partial charge in [0.05, 0.1) is 6.54 Å². The molecular formula is C12H17N3. The van der Waals surface area contributed by atoms with Crippen molar-refractivity contribution in [2.24, 2.45) is 4.99 Å². The van der Waals surface area contributed by atoms with Crippen molar-refractivity contribution in [2.75, 3.05) is 20.1 Å². The van der Waals surface area contributed by atoms with Crippen molar-refractivity contribution in [3.05, 3.63) is 23.5 Å². The van der Waals surface area contributed by atoms with Gasteiger partial charge >= 0.3 is 0 Å². The largest absolute Gasteiger partial charge is 0.316 e. The molecule has 0 bridgehead atoms. The average Bonchev–Trinajstić information content (AvgIpc) is 2.75. The third-order valence-electron chi connectivity index (χ3n) is 3.64. The molecule has 0 saturated heterocycles. The van der Waals surface area contributed by atoms with Crippen LogP contribution in [0.25, 0.3) is 0 Å². The number of guanidine groups is 1. The normalized spacial score (nSPS) is 25.4. The minimum atomic E-state index is 0.934. The van der Waals surface area contributed by atoms with Crippen LogP contribution in [0.5, 0.6) is 0 Å². The number of aliphatic imine (C=N–C) groups is 1. The maximum atomic E-state index is 4.55. The Morgan fingerprint density at radius 3 is 2.93 bits per heavy atom. The van der Waals surface area contributed by atoms with Gasteiger partial charge in [0.15, 0.2) is 0 Å². The van der Waals surface area contributed by atoms with Crippen LogP contribution < -0.4 is 0 Å². The van der Waals surface area contributed by atoms with Gasteiger partial charge in [0, 0.05) is 25.0 Å². The molecule has 3 rings (SSSR count). The van der Waals surface area contributed by atoms with Crippen molar-refractivity contribution < 1.29 is 0 Å². The summed E-state index contributed by atoms with van der Waals surface area (Å²) in [5.74, 6) is 1.11. The highest BCUT2D eigenvalue weighted by molar-refractivity contribution is 5.87. The van der Waals surface area contributed by atoms with Crippen molar-refractivity contribution in [3.8, 4) is 0 Å². The Kier molecular flexibility index (Phi) is 1.87. The van der Waals surface area contributed by atoms with Crippen molar-refractivity contribution in [2.45, 2.75) is 25.7 Å². The number of nitrogens with zero attached hydrogens (tertiary/aromatic N) is 3. The SMILES string of the molecule is C=C1C2=C(CCCC2)N2CCN=C2N1C. The van der Waals surface area contributed by atoms with Crippen molar-refractivity contribution in [1.29, 1.82) is 0 Å². The van der Waals surface area contributed by atoms with E-state index in [0.29, 0.717) is 0 Å². The molecule has 0 fully saturated rings. The molecule has 1 aliphatic carbocycles. The van der Waals surface area contributed by atoms with Gasteiger partial charge in [-0.1, -0.05) is 6.58 Å². The van der Waals surface area contributed by atoms with Gasteiger partial charge in [0.25, 0.3) is 0 Å². The maximum absolute atomic E-state index is 4.55. The van der Waals surface area contributed by atoms with Gasteiger partial charge in [-0.05, 0) is 31.3 Å². The van der Waals surface area contributed by atoms with Crippen LogP contribution in [0.15, 0.2) is 28.5 Å². The lowest BCUT2D eigenvalue weighted by Crippen LogP contribution is -2.44. The molecule has 0 spiro atoms. The van der Waals surface area contributed by atoms with Crippen molar-refractivity contribution in [1.82, 2.24) is 9.80 Å². The molecule has 2 heterocycles. The number of hydrogen-bond acceptors (Lipinski definition) is 3. The summed E-state index contributed by atoms with van der Waals surface area (Å²) >= 11 is 0. The summed E-state index contributed by atoms with van der Waals surface area (Å²) in [4.78, 5) is 9.10. The molecule has 0 radical (unpaired) electrons. The van der Waals surface area contributed by atoms with E-state index < -0.39 is 0 Å². The zero-order valence-corrected chi connectivity index (χ0v) is 9.29. The molecule has 0 N–H and O–H groups in total. The molecule has 80 valence electrons. The number of likely N-dealkylation sites (N-methyl/N-ethyl adjacent to an activating group) is 1. The van der Waals surface area contributed by atoms with Gasteiger partial charge in [-0.15, -0.1) is 0 Å². The molecule has 0 aromatic carbocycles. The van der Waals surface area contributed by atoms with E-state index in [-0.39, 0.29) is 0 Å². The first kappa shape index (κ1) is 9.01. The summed E-state index contributed by atoms with van der Waals surface area (Å²) in [7, 11) is 2.08. The van der Waals surface area contributed by atoms with E-state index in [0.717, 1.165) is 19.0 Å². The topological polar surface area (TPSA) is 18.8 Å². The molecule has 0 unspecified atom stereocenters. The standard InChI is InChI=1S/C12H17N3/c1-9-10-5-3-4-6-11(10)15-8-7-13-12(15)14(9)2/h1,3-8H2,2H3. The van der Waals surface area contributed by atoms with Crippen LogP contribution >= 0.6 is 0 Å². The van der Waals surface area contributed by atoms with E-state index in [9.17, 15) is 0 Å². The first-order chi connectivity index (χ1) is 7.29. The molecule has 0 saturated carbocycles. The second-order valence-electron chi connectivity index (χ2n) is 4.47. The summed E-state index contributed by atoms with van der Waals surface area (Å²) in [5, 5.41) is 0. The number of rotatable bonds is 0. The zero-order chi connectivity index (χ0) is 10.4. The van der Waals surface area contributed by atoms with Gasteiger partial charge in [0.2, 0.25) is 5.96 Å². The summed E-state index contributed by atoms with van der Waals surface area (Å²) in [6, 6.07) is 0. The summed E-state index contributed by atoms with van der Waals surface area (Å²) < 4.78 is 0. The predicted octanol–water partition coefficient (Wildman–Crippen LogP) is 1.95. The Bertz CT molecular complexity index is 378. The Balaban J connectivity index is 2.09. The molecule has 0 aromatic heterocycles. The van der Waals surface area contributed by atoms with Crippen molar-refractivity contribution in [3.63, 3.8) is 0 Å². The van der Waals surface area contributed by atoms with E-state index in [1.54, 1.807) is 0 Å². The monoisotopic (exact) mass is 203 g/mol. The first-order valence-corrected chi connectivity index (χ1v) is 5.76. The Morgan fingerprint density at radius 1 is 1.27 bits per heavy atom. The summed E-state index contributed by atoms with van der Waals surface area (Å²) in [6.07, 6.45) is 5.04. The van der Waals surface area contributed by atoms with E-state index >= 15 is 0 Å². The minimum Gasteiger partial charge on any atom is -0.316 e.